The molecule has 0 spiro atoms. The quantitative estimate of drug-likeness (QED) is 0.680. The number of benzene rings is 1. The molecular formula is C15H19NO. The molecule has 90 valence electrons. The third kappa shape index (κ3) is 1.99. The number of aryl methyl sites for hydroxylation is 2. The van der Waals surface area contributed by atoms with Crippen LogP contribution in [-0.2, 0) is 12.5 Å². The second-order valence-electron chi connectivity index (χ2n) is 5.73. The van der Waals surface area contributed by atoms with Crippen LogP contribution in [0.4, 0.5) is 0 Å². The fourth-order valence-corrected chi connectivity index (χ4v) is 2.21. The minimum Gasteiger partial charge on any atom is -0.350 e. The van der Waals surface area contributed by atoms with Crippen molar-refractivity contribution in [1.82, 2.24) is 4.57 Å². The summed E-state index contributed by atoms with van der Waals surface area (Å²) in [4.78, 5) is 11.9. The van der Waals surface area contributed by atoms with Crippen molar-refractivity contribution < 1.29 is 0 Å². The van der Waals surface area contributed by atoms with Crippen molar-refractivity contribution in [3.8, 4) is 0 Å². The van der Waals surface area contributed by atoms with Crippen molar-refractivity contribution in [2.45, 2.75) is 33.1 Å². The fourth-order valence-electron chi connectivity index (χ4n) is 2.21. The number of rotatable bonds is 0. The molecule has 1 aromatic carbocycles. The monoisotopic (exact) mass is 229 g/mol. The van der Waals surface area contributed by atoms with Gasteiger partial charge in [-0.05, 0) is 29.5 Å². The lowest BCUT2D eigenvalue weighted by molar-refractivity contribution is 0.590. The van der Waals surface area contributed by atoms with Crippen LogP contribution in [0.15, 0.2) is 29.2 Å². The van der Waals surface area contributed by atoms with Gasteiger partial charge in [-0.3, -0.25) is 4.79 Å². The van der Waals surface area contributed by atoms with Gasteiger partial charge in [-0.25, -0.2) is 0 Å². The molecule has 0 aliphatic carbocycles. The van der Waals surface area contributed by atoms with Crippen molar-refractivity contribution in [3.63, 3.8) is 0 Å². The fraction of sp³-hybridized carbons (Fsp3) is 0.400. The number of hydrogen-bond donors (Lipinski definition) is 0. The minimum atomic E-state index is 0.0692. The molecule has 17 heavy (non-hydrogen) atoms. The predicted octanol–water partition coefficient (Wildman–Crippen LogP) is 3.14. The number of fused-ring (bicyclic) bond motifs is 1. The van der Waals surface area contributed by atoms with Crippen LogP contribution in [0.3, 0.4) is 0 Å². The van der Waals surface area contributed by atoms with Gasteiger partial charge in [0.2, 0.25) is 0 Å². The van der Waals surface area contributed by atoms with E-state index in [0.29, 0.717) is 0 Å². The van der Waals surface area contributed by atoms with Crippen LogP contribution in [0.2, 0.25) is 0 Å². The van der Waals surface area contributed by atoms with Gasteiger partial charge < -0.3 is 4.57 Å². The van der Waals surface area contributed by atoms with Gasteiger partial charge in [0.1, 0.15) is 0 Å². The third-order valence-electron chi connectivity index (χ3n) is 3.23. The van der Waals surface area contributed by atoms with Crippen LogP contribution in [0.5, 0.6) is 0 Å². The Morgan fingerprint density at radius 1 is 1.18 bits per heavy atom. The van der Waals surface area contributed by atoms with Crippen LogP contribution in [-0.4, -0.2) is 4.57 Å². The maximum absolute atomic E-state index is 11.9. The number of pyridine rings is 1. The molecule has 0 atom stereocenters. The SMILES string of the molecule is Cc1cc(C(C)(C)C)cc2c(=O)ccn(C)c12. The largest absolute Gasteiger partial charge is 0.350 e. The molecule has 0 bridgehead atoms. The first-order valence-electron chi connectivity index (χ1n) is 5.91. The summed E-state index contributed by atoms with van der Waals surface area (Å²) < 4.78 is 2.01. The van der Waals surface area contributed by atoms with Crippen LogP contribution < -0.4 is 5.43 Å². The number of nitrogens with zero attached hydrogens (tertiary/aromatic N) is 1. The molecule has 0 aliphatic heterocycles. The van der Waals surface area contributed by atoms with E-state index in [9.17, 15) is 4.79 Å². The first-order chi connectivity index (χ1) is 7.80. The zero-order valence-corrected chi connectivity index (χ0v) is 11.2. The van der Waals surface area contributed by atoms with Gasteiger partial charge in [-0.2, -0.15) is 0 Å². The first-order valence-corrected chi connectivity index (χ1v) is 5.91. The summed E-state index contributed by atoms with van der Waals surface area (Å²) >= 11 is 0. The Labute approximate surface area is 102 Å². The van der Waals surface area contributed by atoms with E-state index >= 15 is 0 Å². The van der Waals surface area contributed by atoms with Gasteiger partial charge in [0.25, 0.3) is 0 Å². The number of hydrogen-bond acceptors (Lipinski definition) is 1. The molecule has 0 radical (unpaired) electrons. The van der Waals surface area contributed by atoms with Gasteiger partial charge in [-0.1, -0.05) is 26.8 Å². The van der Waals surface area contributed by atoms with Gasteiger partial charge in [0, 0.05) is 24.7 Å². The highest BCUT2D eigenvalue weighted by atomic mass is 16.1. The summed E-state index contributed by atoms with van der Waals surface area (Å²) in [7, 11) is 1.98. The molecule has 1 aromatic heterocycles. The Balaban J connectivity index is 2.92. The summed E-state index contributed by atoms with van der Waals surface area (Å²) in [5, 5.41) is 0.819. The molecule has 2 aromatic rings. The summed E-state index contributed by atoms with van der Waals surface area (Å²) in [6.45, 7) is 8.57. The Kier molecular flexibility index (Phi) is 2.61. The maximum atomic E-state index is 11.9. The van der Waals surface area contributed by atoms with Crippen LogP contribution in [0, 0.1) is 6.92 Å². The van der Waals surface area contributed by atoms with Gasteiger partial charge in [0.15, 0.2) is 5.43 Å². The Morgan fingerprint density at radius 2 is 1.82 bits per heavy atom. The molecule has 0 unspecified atom stereocenters. The van der Waals surface area contributed by atoms with E-state index in [0.717, 1.165) is 16.5 Å². The summed E-state index contributed by atoms with van der Waals surface area (Å²) in [5.41, 5.74) is 3.58. The Bertz CT molecular complexity index is 630. The molecule has 1 heterocycles. The van der Waals surface area contributed by atoms with Crippen LogP contribution in [0.25, 0.3) is 10.9 Å². The van der Waals surface area contributed by atoms with Gasteiger partial charge in [0.05, 0.1) is 5.52 Å². The topological polar surface area (TPSA) is 22.0 Å². The first kappa shape index (κ1) is 11.9. The van der Waals surface area contributed by atoms with E-state index in [1.54, 1.807) is 6.07 Å². The lowest BCUT2D eigenvalue weighted by atomic mass is 9.85. The number of aromatic nitrogens is 1. The Morgan fingerprint density at radius 3 is 2.41 bits per heavy atom. The molecule has 0 aliphatic rings. The van der Waals surface area contributed by atoms with Crippen molar-refractivity contribution in [2.24, 2.45) is 7.05 Å². The van der Waals surface area contributed by atoms with Crippen molar-refractivity contribution in [3.05, 3.63) is 45.7 Å². The summed E-state index contributed by atoms with van der Waals surface area (Å²) in [6, 6.07) is 5.85. The second kappa shape index (κ2) is 3.73. The zero-order chi connectivity index (χ0) is 12.8. The highest BCUT2D eigenvalue weighted by molar-refractivity contribution is 5.83. The zero-order valence-electron chi connectivity index (χ0n) is 11.2. The molecule has 0 saturated heterocycles. The van der Waals surface area contributed by atoms with Crippen LogP contribution >= 0.6 is 0 Å². The standard InChI is InChI=1S/C15H19NO/c1-10-8-11(15(2,3)4)9-12-13(17)6-7-16(5)14(10)12/h6-9H,1-5H3. The summed E-state index contributed by atoms with van der Waals surface area (Å²) in [6.07, 6.45) is 1.83. The second-order valence-corrected chi connectivity index (χ2v) is 5.73. The van der Waals surface area contributed by atoms with Gasteiger partial charge >= 0.3 is 0 Å². The van der Waals surface area contributed by atoms with Gasteiger partial charge in [-0.15, -0.1) is 0 Å². The van der Waals surface area contributed by atoms with E-state index in [2.05, 4.69) is 33.8 Å². The van der Waals surface area contributed by atoms with E-state index in [1.165, 1.54) is 5.56 Å². The third-order valence-corrected chi connectivity index (χ3v) is 3.23. The average molecular weight is 229 g/mol. The smallest absolute Gasteiger partial charge is 0.189 e. The molecule has 2 heteroatoms. The summed E-state index contributed by atoms with van der Waals surface area (Å²) in [5.74, 6) is 0. The van der Waals surface area contributed by atoms with Crippen molar-refractivity contribution >= 4 is 10.9 Å². The average Bonchev–Trinajstić information content (AvgIpc) is 2.21. The van der Waals surface area contributed by atoms with Crippen LogP contribution in [0.1, 0.15) is 31.9 Å². The molecule has 0 saturated carbocycles. The maximum Gasteiger partial charge on any atom is 0.189 e. The van der Waals surface area contributed by atoms with Crippen molar-refractivity contribution in [2.75, 3.05) is 0 Å². The molecule has 0 amide bonds. The van der Waals surface area contributed by atoms with E-state index in [4.69, 9.17) is 0 Å². The molecular weight excluding hydrogens is 210 g/mol. The minimum absolute atomic E-state index is 0.0692. The lowest BCUT2D eigenvalue weighted by Gasteiger charge is -2.21. The van der Waals surface area contributed by atoms with Crippen molar-refractivity contribution in [1.29, 1.82) is 0 Å². The normalized spacial score (nSPS) is 12.1. The van der Waals surface area contributed by atoms with E-state index in [1.807, 2.05) is 23.9 Å². The highest BCUT2D eigenvalue weighted by Gasteiger charge is 2.16. The van der Waals surface area contributed by atoms with E-state index < -0.39 is 0 Å². The highest BCUT2D eigenvalue weighted by Crippen LogP contribution is 2.27. The lowest BCUT2D eigenvalue weighted by Crippen LogP contribution is -2.14. The molecule has 0 fully saturated rings. The Hall–Kier alpha value is -1.57. The molecule has 2 rings (SSSR count). The molecule has 0 N–H and O–H groups in total. The molecule has 2 nitrogen and oxygen atoms in total. The predicted molar refractivity (Wildman–Crippen MR) is 72.6 cm³/mol. The van der Waals surface area contributed by atoms with E-state index in [-0.39, 0.29) is 10.8 Å².